The number of hydrogen-bond acceptors (Lipinski definition) is 15. The van der Waals surface area contributed by atoms with Crippen LogP contribution in [0.4, 0.5) is 0 Å². The van der Waals surface area contributed by atoms with E-state index in [0.717, 1.165) is 6.20 Å². The average molecular weight is 522 g/mol. The summed E-state index contributed by atoms with van der Waals surface area (Å²) in [7, 11) is -18.2. The van der Waals surface area contributed by atoms with Crippen LogP contribution in [0.3, 0.4) is 0 Å². The monoisotopic (exact) mass is 522 g/mol. The predicted molar refractivity (Wildman–Crippen MR) is 82.9 cm³/mol. The minimum absolute atomic E-state index is 0. The summed E-state index contributed by atoms with van der Waals surface area (Å²) < 4.78 is 49.1. The first kappa shape index (κ1) is 39.9. The van der Waals surface area contributed by atoms with Crippen LogP contribution in [-0.2, 0) is 31.6 Å². The Labute approximate surface area is 239 Å². The Morgan fingerprint density at radius 1 is 1.00 bits per heavy atom. The molecule has 6 atom stereocenters. The van der Waals surface area contributed by atoms with Gasteiger partial charge < -0.3 is 43.6 Å². The summed E-state index contributed by atoms with van der Waals surface area (Å²) in [5.74, 6) is 0. The second kappa shape index (κ2) is 15.1. The van der Waals surface area contributed by atoms with Crippen molar-refractivity contribution in [3.05, 3.63) is 32.6 Å². The van der Waals surface area contributed by atoms with Gasteiger partial charge in [-0.2, -0.15) is 0 Å². The van der Waals surface area contributed by atoms with E-state index in [9.17, 15) is 53.1 Å². The van der Waals surface area contributed by atoms with Gasteiger partial charge in [0.25, 0.3) is 21.2 Å². The summed E-state index contributed by atoms with van der Waals surface area (Å²) in [6.07, 6.45) is -5.92. The Kier molecular flexibility index (Phi) is 17.7. The van der Waals surface area contributed by atoms with Crippen LogP contribution in [0.15, 0.2) is 15.8 Å². The maximum Gasteiger partial charge on any atom is 1.00 e. The largest absolute Gasteiger partial charge is 1.00 e. The van der Waals surface area contributed by atoms with Gasteiger partial charge in [0.05, 0.1) is 14.4 Å². The minimum Gasteiger partial charge on any atom is -0.790 e. The van der Waals surface area contributed by atoms with Crippen LogP contribution in [0.5, 0.6) is 0 Å². The molecule has 172 valence electrons. The van der Waals surface area contributed by atoms with Crippen molar-refractivity contribution in [2.24, 2.45) is 0 Å². The van der Waals surface area contributed by atoms with Crippen LogP contribution >= 0.6 is 23.5 Å². The van der Waals surface area contributed by atoms with Crippen molar-refractivity contribution >= 4 is 23.5 Å². The number of aromatic nitrogens is 2. The van der Waals surface area contributed by atoms with Crippen molar-refractivity contribution < 1.29 is 137 Å². The van der Waals surface area contributed by atoms with Gasteiger partial charge in [0, 0.05) is 11.8 Å². The fourth-order valence-corrected chi connectivity index (χ4v) is 5.19. The normalized spacial score (nSPS) is 25.4. The fourth-order valence-electron chi connectivity index (χ4n) is 2.32. The van der Waals surface area contributed by atoms with E-state index in [-0.39, 0.29) is 81.0 Å². The molecule has 6 unspecified atom stereocenters. The zero-order valence-electron chi connectivity index (χ0n) is 18.6. The third-order valence-electron chi connectivity index (χ3n) is 3.55. The molecule has 1 fully saturated rings. The second-order valence-corrected chi connectivity index (χ2v) is 10.1. The summed E-state index contributed by atoms with van der Waals surface area (Å²) in [4.78, 5) is 68.3. The van der Waals surface area contributed by atoms with Crippen molar-refractivity contribution in [1.82, 2.24) is 9.55 Å². The maximum absolute atomic E-state index is 11.9. The molecule has 2 rings (SSSR count). The smallest absolute Gasteiger partial charge is 0.790 e. The van der Waals surface area contributed by atoms with Gasteiger partial charge in [0.2, 0.25) is 0 Å². The first-order valence-electron chi connectivity index (χ1n) is 7.56. The van der Waals surface area contributed by atoms with E-state index in [1.54, 1.807) is 0 Å². The van der Waals surface area contributed by atoms with Crippen LogP contribution in [0.25, 0.3) is 0 Å². The molecule has 1 aliphatic heterocycles. The van der Waals surface area contributed by atoms with Crippen LogP contribution in [0.2, 0.25) is 0 Å². The number of aliphatic hydroxyl groups is 2. The first-order chi connectivity index (χ1) is 13.5. The molecule has 3 N–H and O–H groups in total. The summed E-state index contributed by atoms with van der Waals surface area (Å²) in [5, 5.41) is 20.0. The molecule has 0 bridgehead atoms. The Hall–Kier alpha value is 1.36. The van der Waals surface area contributed by atoms with Crippen LogP contribution in [-0.4, -0.2) is 44.7 Å². The number of hydrogen-bond donors (Lipinski definition) is 3. The molecule has 34 heavy (non-hydrogen) atoms. The van der Waals surface area contributed by atoms with E-state index < -0.39 is 65.9 Å². The maximum atomic E-state index is 11.9. The summed E-state index contributed by atoms with van der Waals surface area (Å²) in [5.41, 5.74) is -1.71. The number of phosphoric ester groups is 1. The van der Waals surface area contributed by atoms with Crippen molar-refractivity contribution in [3.63, 3.8) is 0 Å². The predicted octanol–water partition coefficient (Wildman–Crippen LogP) is -16.7. The topological polar surface area (TPSA) is 276 Å². The Morgan fingerprint density at radius 2 is 1.53 bits per heavy atom. The van der Waals surface area contributed by atoms with Crippen molar-refractivity contribution in [1.29, 1.82) is 0 Å². The Morgan fingerprint density at radius 3 is 2.03 bits per heavy atom. The molecule has 24 heteroatoms. The van der Waals surface area contributed by atoms with Gasteiger partial charge in [-0.25, -0.2) is 9.11 Å². The number of H-pyrrole nitrogens is 1. The van der Waals surface area contributed by atoms with Gasteiger partial charge in [-0.15, -0.1) is 0 Å². The number of rotatable bonds is 8. The molecule has 1 aromatic heterocycles. The average Bonchev–Trinajstić information content (AvgIpc) is 2.81. The van der Waals surface area contributed by atoms with Crippen LogP contribution in [0.1, 0.15) is 11.8 Å². The standard InChI is InChI=1S/C10H17N2O15P3.4Li/c1-4-2-12(10(16)11-8(4)15)9-7(14)6(13)5(25-9)3-24-29(20,21)27-30(22,23)26-28(17,18)19;;;;/h2,5-7,9,13-14H,3H2,1H3,(H,20,21)(H,22,23)(H,11,15,16)(H2,17,18,19);;;;/q;4*+1/p-4. The van der Waals surface area contributed by atoms with E-state index in [4.69, 9.17) is 4.74 Å². The number of nitrogens with one attached hydrogen (secondary N) is 1. The molecule has 17 nitrogen and oxygen atoms in total. The molecule has 2 heterocycles. The van der Waals surface area contributed by atoms with Crippen LogP contribution in [0, 0.1) is 6.92 Å². The number of aromatic amines is 1. The zero-order chi connectivity index (χ0) is 23.1. The number of phosphoric acid groups is 3. The van der Waals surface area contributed by atoms with Crippen molar-refractivity contribution in [2.45, 2.75) is 31.5 Å². The molecule has 0 spiro atoms. The van der Waals surface area contributed by atoms with Gasteiger partial charge >= 0.3 is 81.1 Å². The summed E-state index contributed by atoms with van der Waals surface area (Å²) in [6, 6.07) is 0. The van der Waals surface area contributed by atoms with E-state index in [1.165, 1.54) is 6.92 Å². The van der Waals surface area contributed by atoms with Gasteiger partial charge in [-0.1, -0.05) is 0 Å². The van der Waals surface area contributed by atoms with E-state index in [0.29, 0.717) is 4.57 Å². The van der Waals surface area contributed by atoms with Gasteiger partial charge in [-0.05, 0) is 6.92 Å². The molecule has 0 aromatic carbocycles. The second-order valence-electron chi connectivity index (χ2n) is 5.83. The van der Waals surface area contributed by atoms with E-state index >= 15 is 0 Å². The summed E-state index contributed by atoms with van der Waals surface area (Å²) in [6.45, 7) is 0.156. The molecule has 1 aromatic rings. The van der Waals surface area contributed by atoms with Gasteiger partial charge in [0.15, 0.2) is 6.23 Å². The van der Waals surface area contributed by atoms with E-state index in [1.807, 2.05) is 4.98 Å². The summed E-state index contributed by atoms with van der Waals surface area (Å²) >= 11 is 0. The molecule has 1 saturated heterocycles. The third kappa shape index (κ3) is 11.4. The number of ether oxygens (including phenoxy) is 1. The molecule has 0 amide bonds. The number of nitrogens with zero attached hydrogens (tertiary/aromatic N) is 1. The van der Waals surface area contributed by atoms with Gasteiger partial charge in [-0.3, -0.25) is 27.8 Å². The van der Waals surface area contributed by atoms with Crippen molar-refractivity contribution in [2.75, 3.05) is 6.61 Å². The number of aliphatic hydroxyl groups excluding tert-OH is 2. The quantitative estimate of drug-likeness (QED) is 0.211. The van der Waals surface area contributed by atoms with E-state index in [2.05, 4.69) is 13.1 Å². The molecule has 1 aliphatic rings. The number of aryl methyl sites for hydroxylation is 1. The molecule has 0 saturated carbocycles. The van der Waals surface area contributed by atoms with Crippen LogP contribution < -0.4 is 106 Å². The molecule has 0 aliphatic carbocycles. The third-order valence-corrected chi connectivity index (χ3v) is 7.22. The van der Waals surface area contributed by atoms with Crippen molar-refractivity contribution in [3.8, 4) is 0 Å². The molecular weight excluding hydrogens is 509 g/mol. The molecule has 0 radical (unpaired) electrons. The Bertz CT molecular complexity index is 1060. The molecular formula is C10H13Li4N2O15P3. The minimum atomic E-state index is -6.17. The fraction of sp³-hybridized carbons (Fsp3) is 0.600. The zero-order valence-corrected chi connectivity index (χ0v) is 21.3. The van der Waals surface area contributed by atoms with Gasteiger partial charge in [0.1, 0.15) is 18.3 Å². The first-order valence-corrected chi connectivity index (χ1v) is 11.9. The Balaban J connectivity index is -0.00000240. The SMILES string of the molecule is Cc1cn(C2OC(COP(=O)([O-])OP(=O)([O-])OP(=O)([O-])[O-])C(O)C2O)c(=O)[nH]c1=O.[Li+].[Li+].[Li+].[Li+].